The number of hydrogen-bond acceptors (Lipinski definition) is 4. The summed E-state index contributed by atoms with van der Waals surface area (Å²) in [7, 11) is 0. The second-order valence-electron chi connectivity index (χ2n) is 7.05. The van der Waals surface area contributed by atoms with E-state index in [2.05, 4.69) is 33.1 Å². The molecule has 5 rings (SSSR count). The fourth-order valence-corrected chi connectivity index (χ4v) is 3.62. The highest BCUT2D eigenvalue weighted by Crippen LogP contribution is 2.38. The van der Waals surface area contributed by atoms with Crippen molar-refractivity contribution in [2.75, 3.05) is 18.0 Å². The second-order valence-corrected chi connectivity index (χ2v) is 7.05. The van der Waals surface area contributed by atoms with E-state index in [-0.39, 0.29) is 6.10 Å². The SMILES string of the molecule is c1cc(OC2CCN(c3ccnc(C4CC4)n3)CC2)c2cc[nH]c2c1. The molecule has 128 valence electrons. The van der Waals surface area contributed by atoms with Gasteiger partial charge in [0.1, 0.15) is 23.5 Å². The van der Waals surface area contributed by atoms with Crippen molar-refractivity contribution < 1.29 is 4.74 Å². The Morgan fingerprint density at radius 3 is 2.76 bits per heavy atom. The van der Waals surface area contributed by atoms with E-state index >= 15 is 0 Å². The topological polar surface area (TPSA) is 54.0 Å². The number of hydrogen-bond donors (Lipinski definition) is 1. The summed E-state index contributed by atoms with van der Waals surface area (Å²) >= 11 is 0. The molecule has 1 saturated carbocycles. The molecule has 1 aliphatic carbocycles. The molecule has 2 aliphatic rings. The van der Waals surface area contributed by atoms with Gasteiger partial charge in [-0.05, 0) is 37.1 Å². The molecule has 25 heavy (non-hydrogen) atoms. The number of nitrogens with zero attached hydrogens (tertiary/aromatic N) is 3. The van der Waals surface area contributed by atoms with Crippen molar-refractivity contribution in [3.63, 3.8) is 0 Å². The minimum absolute atomic E-state index is 0.265. The van der Waals surface area contributed by atoms with Gasteiger partial charge in [0.15, 0.2) is 0 Å². The van der Waals surface area contributed by atoms with Crippen molar-refractivity contribution in [3.8, 4) is 5.75 Å². The van der Waals surface area contributed by atoms with Gasteiger partial charge in [-0.2, -0.15) is 0 Å². The molecule has 0 bridgehead atoms. The lowest BCUT2D eigenvalue weighted by Gasteiger charge is -2.33. The molecule has 2 aromatic heterocycles. The molecule has 1 saturated heterocycles. The van der Waals surface area contributed by atoms with Crippen molar-refractivity contribution in [2.45, 2.75) is 37.7 Å². The Labute approximate surface area is 147 Å². The van der Waals surface area contributed by atoms with Gasteiger partial charge in [-0.15, -0.1) is 0 Å². The van der Waals surface area contributed by atoms with Gasteiger partial charge in [0.25, 0.3) is 0 Å². The van der Waals surface area contributed by atoms with Crippen LogP contribution in [0.2, 0.25) is 0 Å². The first-order valence-corrected chi connectivity index (χ1v) is 9.17. The normalized spacial score (nSPS) is 18.6. The van der Waals surface area contributed by atoms with Crippen LogP contribution in [-0.2, 0) is 0 Å². The highest BCUT2D eigenvalue weighted by molar-refractivity contribution is 5.85. The molecule has 0 amide bonds. The molecule has 1 aliphatic heterocycles. The molecule has 0 atom stereocenters. The number of rotatable bonds is 4. The number of piperidine rings is 1. The van der Waals surface area contributed by atoms with E-state index in [1.54, 1.807) is 0 Å². The van der Waals surface area contributed by atoms with Crippen molar-refractivity contribution in [3.05, 3.63) is 48.5 Å². The summed E-state index contributed by atoms with van der Waals surface area (Å²) < 4.78 is 6.30. The number of fused-ring (bicyclic) bond motifs is 1. The molecule has 1 N–H and O–H groups in total. The summed E-state index contributed by atoms with van der Waals surface area (Å²) in [5.41, 5.74) is 1.13. The molecule has 3 heterocycles. The molecule has 0 unspecified atom stereocenters. The molecule has 5 nitrogen and oxygen atoms in total. The zero-order valence-electron chi connectivity index (χ0n) is 14.2. The van der Waals surface area contributed by atoms with Crippen LogP contribution in [0, 0.1) is 0 Å². The largest absolute Gasteiger partial charge is 0.490 e. The summed E-state index contributed by atoms with van der Waals surface area (Å²) in [4.78, 5) is 14.8. The second kappa shape index (κ2) is 6.06. The fraction of sp³-hybridized carbons (Fsp3) is 0.400. The van der Waals surface area contributed by atoms with Crippen molar-refractivity contribution in [1.29, 1.82) is 0 Å². The van der Waals surface area contributed by atoms with Crippen LogP contribution >= 0.6 is 0 Å². The van der Waals surface area contributed by atoms with E-state index in [0.29, 0.717) is 5.92 Å². The molecule has 1 aromatic carbocycles. The Kier molecular flexibility index (Phi) is 3.58. The van der Waals surface area contributed by atoms with E-state index in [9.17, 15) is 0 Å². The van der Waals surface area contributed by atoms with E-state index in [4.69, 9.17) is 9.72 Å². The van der Waals surface area contributed by atoms with Gasteiger partial charge in [-0.1, -0.05) is 6.07 Å². The monoisotopic (exact) mass is 334 g/mol. The van der Waals surface area contributed by atoms with Gasteiger partial charge < -0.3 is 14.6 Å². The zero-order chi connectivity index (χ0) is 16.6. The summed E-state index contributed by atoms with van der Waals surface area (Å²) in [6.45, 7) is 1.96. The maximum atomic E-state index is 6.30. The zero-order valence-corrected chi connectivity index (χ0v) is 14.2. The standard InChI is InChI=1S/C20H22N4O/c1-2-17-16(6-10-21-17)18(3-1)25-15-8-12-24(13-9-15)19-7-11-22-20(23-19)14-4-5-14/h1-3,6-7,10-11,14-15,21H,4-5,8-9,12-13H2. The van der Waals surface area contributed by atoms with E-state index in [0.717, 1.165) is 54.2 Å². The number of ether oxygens (including phenoxy) is 1. The van der Waals surface area contributed by atoms with E-state index < -0.39 is 0 Å². The van der Waals surface area contributed by atoms with Crippen LogP contribution in [0.5, 0.6) is 5.75 Å². The van der Waals surface area contributed by atoms with Gasteiger partial charge in [0.05, 0.1) is 0 Å². The number of benzene rings is 1. The molecule has 0 spiro atoms. The van der Waals surface area contributed by atoms with Gasteiger partial charge in [0.2, 0.25) is 0 Å². The van der Waals surface area contributed by atoms with Crippen LogP contribution in [0.15, 0.2) is 42.7 Å². The number of aromatic nitrogens is 3. The summed E-state index contributed by atoms with van der Waals surface area (Å²) in [5, 5.41) is 1.16. The van der Waals surface area contributed by atoms with Crippen LogP contribution in [-0.4, -0.2) is 34.1 Å². The summed E-state index contributed by atoms with van der Waals surface area (Å²) in [6, 6.07) is 10.3. The number of H-pyrrole nitrogens is 1. The van der Waals surface area contributed by atoms with Crippen molar-refractivity contribution >= 4 is 16.7 Å². The lowest BCUT2D eigenvalue weighted by atomic mass is 10.1. The third kappa shape index (κ3) is 2.95. The lowest BCUT2D eigenvalue weighted by molar-refractivity contribution is 0.173. The van der Waals surface area contributed by atoms with Crippen LogP contribution in [0.1, 0.15) is 37.4 Å². The highest BCUT2D eigenvalue weighted by Gasteiger charge is 2.28. The van der Waals surface area contributed by atoms with Crippen molar-refractivity contribution in [1.82, 2.24) is 15.0 Å². The Hall–Kier alpha value is -2.56. The molecular formula is C20H22N4O. The third-order valence-corrected chi connectivity index (χ3v) is 5.22. The Bertz CT molecular complexity index is 878. The minimum atomic E-state index is 0.265. The Morgan fingerprint density at radius 1 is 1.04 bits per heavy atom. The summed E-state index contributed by atoms with van der Waals surface area (Å²) in [5.74, 6) is 3.68. The molecule has 3 aromatic rings. The average molecular weight is 334 g/mol. The quantitative estimate of drug-likeness (QED) is 0.786. The molecule has 2 fully saturated rings. The first-order chi connectivity index (χ1) is 12.4. The average Bonchev–Trinajstić information content (AvgIpc) is 3.40. The van der Waals surface area contributed by atoms with Crippen LogP contribution < -0.4 is 9.64 Å². The number of aromatic amines is 1. The Morgan fingerprint density at radius 2 is 1.92 bits per heavy atom. The number of anilines is 1. The number of nitrogens with one attached hydrogen (secondary N) is 1. The molecule has 0 radical (unpaired) electrons. The minimum Gasteiger partial charge on any atom is -0.490 e. The first-order valence-electron chi connectivity index (χ1n) is 9.17. The Balaban J connectivity index is 1.25. The third-order valence-electron chi connectivity index (χ3n) is 5.22. The van der Waals surface area contributed by atoms with Crippen LogP contribution in [0.25, 0.3) is 10.9 Å². The van der Waals surface area contributed by atoms with E-state index in [1.165, 1.54) is 12.8 Å². The first kappa shape index (κ1) is 14.8. The summed E-state index contributed by atoms with van der Waals surface area (Å²) in [6.07, 6.45) is 8.65. The van der Waals surface area contributed by atoms with Crippen LogP contribution in [0.4, 0.5) is 5.82 Å². The van der Waals surface area contributed by atoms with Gasteiger partial charge in [-0.3, -0.25) is 0 Å². The molecule has 5 heteroatoms. The smallest absolute Gasteiger partial charge is 0.133 e. The maximum Gasteiger partial charge on any atom is 0.133 e. The van der Waals surface area contributed by atoms with Gasteiger partial charge in [-0.25, -0.2) is 9.97 Å². The van der Waals surface area contributed by atoms with Gasteiger partial charge >= 0.3 is 0 Å². The predicted molar refractivity (Wildman–Crippen MR) is 98.2 cm³/mol. The highest BCUT2D eigenvalue weighted by atomic mass is 16.5. The van der Waals surface area contributed by atoms with Crippen molar-refractivity contribution in [2.24, 2.45) is 0 Å². The predicted octanol–water partition coefficient (Wildman–Crippen LogP) is 3.88. The van der Waals surface area contributed by atoms with Crippen LogP contribution in [0.3, 0.4) is 0 Å². The fourth-order valence-electron chi connectivity index (χ4n) is 3.62. The lowest BCUT2D eigenvalue weighted by Crippen LogP contribution is -2.38. The maximum absolute atomic E-state index is 6.30. The van der Waals surface area contributed by atoms with E-state index in [1.807, 2.05) is 24.5 Å². The van der Waals surface area contributed by atoms with Gasteiger partial charge in [0, 0.05) is 55.1 Å². The molecular weight excluding hydrogens is 312 g/mol.